The third-order valence-corrected chi connectivity index (χ3v) is 5.08. The number of halogens is 2. The van der Waals surface area contributed by atoms with E-state index in [0.717, 1.165) is 16.5 Å². The van der Waals surface area contributed by atoms with Gasteiger partial charge in [-0.25, -0.2) is 13.1 Å². The van der Waals surface area contributed by atoms with Crippen LogP contribution in [0.2, 0.25) is 5.02 Å². The number of hydrogen-bond donors (Lipinski definition) is 1. The molecule has 0 aliphatic rings. The van der Waals surface area contributed by atoms with Crippen molar-refractivity contribution in [2.24, 2.45) is 0 Å². The van der Waals surface area contributed by atoms with Gasteiger partial charge in [0.05, 0.1) is 4.90 Å². The summed E-state index contributed by atoms with van der Waals surface area (Å²) in [6.07, 6.45) is 0. The second-order valence-corrected chi connectivity index (χ2v) is 6.99. The zero-order chi connectivity index (χ0) is 14.6. The number of benzene rings is 2. The van der Waals surface area contributed by atoms with E-state index in [9.17, 15) is 8.42 Å². The minimum absolute atomic E-state index is 0.207. The van der Waals surface area contributed by atoms with E-state index < -0.39 is 10.0 Å². The molecule has 0 unspecified atom stereocenters. The Morgan fingerprint density at radius 1 is 0.950 bits per heavy atom. The van der Waals surface area contributed by atoms with E-state index in [1.165, 1.54) is 12.1 Å². The summed E-state index contributed by atoms with van der Waals surface area (Å²) >= 11 is 9.11. The molecule has 2 aromatic carbocycles. The summed E-state index contributed by atoms with van der Waals surface area (Å²) in [5.41, 5.74) is 2.06. The third kappa shape index (κ3) is 4.06. The van der Waals surface area contributed by atoms with Crippen LogP contribution in [0.1, 0.15) is 11.1 Å². The molecule has 0 atom stereocenters. The highest BCUT2D eigenvalue weighted by Gasteiger charge is 2.13. The molecule has 0 bridgehead atoms. The number of alkyl halides is 1. The topological polar surface area (TPSA) is 46.2 Å². The summed E-state index contributed by atoms with van der Waals surface area (Å²) < 4.78 is 26.7. The molecule has 0 aliphatic carbocycles. The lowest BCUT2D eigenvalue weighted by Crippen LogP contribution is -2.23. The van der Waals surface area contributed by atoms with Crippen LogP contribution in [0.15, 0.2) is 53.4 Å². The van der Waals surface area contributed by atoms with Crippen molar-refractivity contribution >= 4 is 37.6 Å². The molecule has 0 aromatic heterocycles. The van der Waals surface area contributed by atoms with Gasteiger partial charge in [0.1, 0.15) is 0 Å². The number of rotatable bonds is 5. The largest absolute Gasteiger partial charge is 0.240 e. The second kappa shape index (κ2) is 6.72. The van der Waals surface area contributed by atoms with Gasteiger partial charge in [0.15, 0.2) is 0 Å². The van der Waals surface area contributed by atoms with Gasteiger partial charge < -0.3 is 0 Å². The van der Waals surface area contributed by atoms with Crippen molar-refractivity contribution in [1.82, 2.24) is 4.72 Å². The molecule has 0 fully saturated rings. The molecule has 0 amide bonds. The lowest BCUT2D eigenvalue weighted by atomic mass is 10.2. The van der Waals surface area contributed by atoms with Crippen molar-refractivity contribution in [2.45, 2.75) is 16.8 Å². The van der Waals surface area contributed by atoms with Gasteiger partial charge in [-0.15, -0.1) is 0 Å². The predicted octanol–water partition coefficient (Wildman–Crippen LogP) is 3.71. The smallest absolute Gasteiger partial charge is 0.207 e. The number of nitrogens with one attached hydrogen (secondary N) is 1. The lowest BCUT2D eigenvalue weighted by molar-refractivity contribution is 0.581. The van der Waals surface area contributed by atoms with Gasteiger partial charge in [0.2, 0.25) is 10.0 Å². The quantitative estimate of drug-likeness (QED) is 0.811. The summed E-state index contributed by atoms with van der Waals surface area (Å²) in [4.78, 5) is 0.207. The molecule has 0 heterocycles. The molecule has 2 rings (SSSR count). The van der Waals surface area contributed by atoms with Gasteiger partial charge in [0, 0.05) is 16.9 Å². The van der Waals surface area contributed by atoms with Gasteiger partial charge in [-0.2, -0.15) is 0 Å². The first-order valence-electron chi connectivity index (χ1n) is 5.90. The van der Waals surface area contributed by atoms with Gasteiger partial charge in [-0.3, -0.25) is 0 Å². The number of sulfonamides is 1. The Morgan fingerprint density at radius 3 is 2.05 bits per heavy atom. The van der Waals surface area contributed by atoms with E-state index in [2.05, 4.69) is 20.7 Å². The Labute approximate surface area is 132 Å². The fourth-order valence-electron chi connectivity index (χ4n) is 1.62. The van der Waals surface area contributed by atoms with Gasteiger partial charge in [-0.05, 0) is 35.4 Å². The third-order valence-electron chi connectivity index (χ3n) is 2.77. The molecule has 0 spiro atoms. The fraction of sp³-hybridized carbons (Fsp3) is 0.143. The van der Waals surface area contributed by atoms with Crippen LogP contribution in [0.4, 0.5) is 0 Å². The van der Waals surface area contributed by atoms with E-state index in [1.54, 1.807) is 12.1 Å². The summed E-state index contributed by atoms with van der Waals surface area (Å²) in [7, 11) is -3.51. The lowest BCUT2D eigenvalue weighted by Gasteiger charge is -2.07. The average Bonchev–Trinajstić information content (AvgIpc) is 2.46. The van der Waals surface area contributed by atoms with Crippen LogP contribution in [0.5, 0.6) is 0 Å². The zero-order valence-corrected chi connectivity index (χ0v) is 13.7. The first-order chi connectivity index (χ1) is 9.51. The van der Waals surface area contributed by atoms with Crippen LogP contribution in [0.25, 0.3) is 0 Å². The standard InChI is InChI=1S/C14H13BrClNO2S/c15-9-11-1-3-12(4-2-11)10-17-20(18,19)14-7-5-13(16)6-8-14/h1-8,17H,9-10H2. The summed E-state index contributed by atoms with van der Waals surface area (Å²) in [5, 5.41) is 1.29. The maximum Gasteiger partial charge on any atom is 0.240 e. The monoisotopic (exact) mass is 373 g/mol. The molecule has 6 heteroatoms. The molecular formula is C14H13BrClNO2S. The van der Waals surface area contributed by atoms with E-state index in [4.69, 9.17) is 11.6 Å². The average molecular weight is 375 g/mol. The predicted molar refractivity (Wildman–Crippen MR) is 84.6 cm³/mol. The molecule has 0 radical (unpaired) electrons. The Kier molecular flexibility index (Phi) is 5.21. The Hall–Kier alpha value is -0.880. The van der Waals surface area contributed by atoms with Crippen LogP contribution >= 0.6 is 27.5 Å². The highest BCUT2D eigenvalue weighted by Crippen LogP contribution is 2.14. The first kappa shape index (κ1) is 15.5. The molecule has 0 aliphatic heterocycles. The molecule has 3 nitrogen and oxygen atoms in total. The molecule has 20 heavy (non-hydrogen) atoms. The normalized spacial score (nSPS) is 11.5. The molecule has 0 saturated heterocycles. The zero-order valence-electron chi connectivity index (χ0n) is 10.5. The Morgan fingerprint density at radius 2 is 1.50 bits per heavy atom. The van der Waals surface area contributed by atoms with Crippen molar-refractivity contribution in [3.8, 4) is 0 Å². The van der Waals surface area contributed by atoms with Crippen LogP contribution in [0, 0.1) is 0 Å². The van der Waals surface area contributed by atoms with E-state index in [-0.39, 0.29) is 11.4 Å². The van der Waals surface area contributed by atoms with E-state index in [0.29, 0.717) is 5.02 Å². The van der Waals surface area contributed by atoms with Crippen LogP contribution in [-0.2, 0) is 21.9 Å². The summed E-state index contributed by atoms with van der Waals surface area (Å²) in [5.74, 6) is 0. The Bertz CT molecular complexity index is 669. The van der Waals surface area contributed by atoms with Crippen molar-refractivity contribution in [2.75, 3.05) is 0 Å². The molecular weight excluding hydrogens is 362 g/mol. The molecule has 106 valence electrons. The van der Waals surface area contributed by atoms with Crippen molar-refractivity contribution in [3.05, 3.63) is 64.7 Å². The van der Waals surface area contributed by atoms with Crippen molar-refractivity contribution in [3.63, 3.8) is 0 Å². The fourth-order valence-corrected chi connectivity index (χ4v) is 3.14. The summed E-state index contributed by atoms with van der Waals surface area (Å²) in [6, 6.07) is 13.8. The highest BCUT2D eigenvalue weighted by atomic mass is 79.9. The van der Waals surface area contributed by atoms with Gasteiger partial charge in [0.25, 0.3) is 0 Å². The molecule has 1 N–H and O–H groups in total. The summed E-state index contributed by atoms with van der Waals surface area (Å²) in [6.45, 7) is 0.257. The minimum atomic E-state index is -3.51. The maximum absolute atomic E-state index is 12.1. The maximum atomic E-state index is 12.1. The van der Waals surface area contributed by atoms with E-state index in [1.807, 2.05) is 24.3 Å². The van der Waals surface area contributed by atoms with Crippen LogP contribution < -0.4 is 4.72 Å². The molecule has 2 aromatic rings. The van der Waals surface area contributed by atoms with Crippen molar-refractivity contribution in [1.29, 1.82) is 0 Å². The van der Waals surface area contributed by atoms with Crippen molar-refractivity contribution < 1.29 is 8.42 Å². The highest BCUT2D eigenvalue weighted by molar-refractivity contribution is 9.08. The molecule has 0 saturated carbocycles. The van der Waals surface area contributed by atoms with E-state index >= 15 is 0 Å². The minimum Gasteiger partial charge on any atom is -0.207 e. The second-order valence-electron chi connectivity index (χ2n) is 4.23. The first-order valence-corrected chi connectivity index (χ1v) is 8.88. The van der Waals surface area contributed by atoms with Crippen LogP contribution in [0.3, 0.4) is 0 Å². The number of hydrogen-bond acceptors (Lipinski definition) is 2. The van der Waals surface area contributed by atoms with Gasteiger partial charge in [-0.1, -0.05) is 51.8 Å². The van der Waals surface area contributed by atoms with Crippen LogP contribution in [-0.4, -0.2) is 8.42 Å². The van der Waals surface area contributed by atoms with Gasteiger partial charge >= 0.3 is 0 Å². The Balaban J connectivity index is 2.06. The SMILES string of the molecule is O=S(=O)(NCc1ccc(CBr)cc1)c1ccc(Cl)cc1.